The van der Waals surface area contributed by atoms with Gasteiger partial charge in [0, 0.05) is 10.5 Å². The van der Waals surface area contributed by atoms with E-state index in [4.69, 9.17) is 11.6 Å². The third kappa shape index (κ3) is 3.35. The average Bonchev–Trinajstić information content (AvgIpc) is 2.94. The molecule has 1 fully saturated rings. The Labute approximate surface area is 108 Å². The van der Waals surface area contributed by atoms with Gasteiger partial charge in [0.2, 0.25) is 0 Å². The van der Waals surface area contributed by atoms with Gasteiger partial charge >= 0.3 is 0 Å². The van der Waals surface area contributed by atoms with E-state index in [1.54, 1.807) is 18.2 Å². The van der Waals surface area contributed by atoms with Crippen LogP contribution in [0.3, 0.4) is 0 Å². The lowest BCUT2D eigenvalue weighted by Gasteiger charge is -2.09. The van der Waals surface area contributed by atoms with E-state index < -0.39 is 10.2 Å². The predicted octanol–water partition coefficient (Wildman–Crippen LogP) is 2.51. The van der Waals surface area contributed by atoms with Crippen LogP contribution in [0, 0.1) is 0 Å². The third-order valence-corrected chi connectivity index (χ3v) is 4.43. The molecular formula is C9H10BrClN2O2S. The molecule has 1 aromatic rings. The fraction of sp³-hybridized carbons (Fsp3) is 0.333. The monoisotopic (exact) mass is 324 g/mol. The average molecular weight is 326 g/mol. The molecule has 4 nitrogen and oxygen atoms in total. The van der Waals surface area contributed by atoms with E-state index in [0.29, 0.717) is 15.2 Å². The molecule has 0 amide bonds. The SMILES string of the molecule is O=S(=O)(Nc1ccc(Cl)c(Br)c1)NC1CC1. The van der Waals surface area contributed by atoms with Crippen molar-refractivity contribution in [3.63, 3.8) is 0 Å². The molecule has 1 aliphatic rings. The lowest BCUT2D eigenvalue weighted by Crippen LogP contribution is -2.31. The fourth-order valence-electron chi connectivity index (χ4n) is 1.16. The number of anilines is 1. The topological polar surface area (TPSA) is 58.2 Å². The van der Waals surface area contributed by atoms with Gasteiger partial charge in [-0.15, -0.1) is 0 Å². The van der Waals surface area contributed by atoms with E-state index in [1.807, 2.05) is 0 Å². The van der Waals surface area contributed by atoms with Crippen molar-refractivity contribution in [1.29, 1.82) is 0 Å². The Kier molecular flexibility index (Phi) is 3.44. The second kappa shape index (κ2) is 4.52. The van der Waals surface area contributed by atoms with Crippen LogP contribution in [-0.4, -0.2) is 14.5 Å². The van der Waals surface area contributed by atoms with Gasteiger partial charge in [-0.1, -0.05) is 11.6 Å². The molecule has 1 aliphatic carbocycles. The van der Waals surface area contributed by atoms with E-state index in [1.165, 1.54) is 0 Å². The molecular weight excluding hydrogens is 316 g/mol. The Morgan fingerprint density at radius 3 is 2.62 bits per heavy atom. The minimum Gasteiger partial charge on any atom is -0.271 e. The second-order valence-corrected chi connectivity index (χ2v) is 6.33. The van der Waals surface area contributed by atoms with E-state index >= 15 is 0 Å². The first-order valence-electron chi connectivity index (χ1n) is 4.71. The molecule has 0 spiro atoms. The first kappa shape index (κ1) is 12.2. The summed E-state index contributed by atoms with van der Waals surface area (Å²) >= 11 is 9.04. The van der Waals surface area contributed by atoms with Crippen molar-refractivity contribution in [3.05, 3.63) is 27.7 Å². The van der Waals surface area contributed by atoms with Crippen LogP contribution in [0.5, 0.6) is 0 Å². The third-order valence-electron chi connectivity index (χ3n) is 2.07. The van der Waals surface area contributed by atoms with Crippen LogP contribution < -0.4 is 9.44 Å². The van der Waals surface area contributed by atoms with E-state index in [-0.39, 0.29) is 6.04 Å². The predicted molar refractivity (Wildman–Crippen MR) is 67.9 cm³/mol. The van der Waals surface area contributed by atoms with Gasteiger partial charge < -0.3 is 0 Å². The highest BCUT2D eigenvalue weighted by Gasteiger charge is 2.26. The van der Waals surface area contributed by atoms with Gasteiger partial charge in [0.15, 0.2) is 0 Å². The molecule has 1 aromatic carbocycles. The van der Waals surface area contributed by atoms with Crippen molar-refractivity contribution < 1.29 is 8.42 Å². The Morgan fingerprint density at radius 2 is 2.06 bits per heavy atom. The van der Waals surface area contributed by atoms with Gasteiger partial charge in [-0.3, -0.25) is 4.72 Å². The molecule has 0 aromatic heterocycles. The Bertz CT molecular complexity index is 502. The van der Waals surface area contributed by atoms with E-state index in [0.717, 1.165) is 12.8 Å². The van der Waals surface area contributed by atoms with Gasteiger partial charge in [-0.2, -0.15) is 13.1 Å². The zero-order valence-corrected chi connectivity index (χ0v) is 11.4. The summed E-state index contributed by atoms with van der Waals surface area (Å²) in [6.45, 7) is 0. The summed E-state index contributed by atoms with van der Waals surface area (Å²) < 4.78 is 28.8. The maximum absolute atomic E-state index is 11.6. The highest BCUT2D eigenvalue weighted by molar-refractivity contribution is 9.10. The van der Waals surface area contributed by atoms with Crippen LogP contribution in [0.4, 0.5) is 5.69 Å². The van der Waals surface area contributed by atoms with Crippen molar-refractivity contribution in [1.82, 2.24) is 4.72 Å². The number of benzene rings is 1. The number of hydrogen-bond acceptors (Lipinski definition) is 2. The lowest BCUT2D eigenvalue weighted by molar-refractivity contribution is 0.586. The lowest BCUT2D eigenvalue weighted by atomic mass is 10.3. The van der Waals surface area contributed by atoms with Crippen molar-refractivity contribution in [2.45, 2.75) is 18.9 Å². The summed E-state index contributed by atoms with van der Waals surface area (Å²) in [5.41, 5.74) is 0.476. The number of halogens is 2. The van der Waals surface area contributed by atoms with Crippen molar-refractivity contribution in [3.8, 4) is 0 Å². The number of hydrogen-bond donors (Lipinski definition) is 2. The first-order valence-corrected chi connectivity index (χ1v) is 7.37. The molecule has 0 saturated heterocycles. The molecule has 16 heavy (non-hydrogen) atoms. The Balaban J connectivity index is 2.10. The van der Waals surface area contributed by atoms with E-state index in [9.17, 15) is 8.42 Å². The molecule has 0 heterocycles. The molecule has 2 rings (SSSR count). The molecule has 0 atom stereocenters. The summed E-state index contributed by atoms with van der Waals surface area (Å²) in [5, 5.41) is 0.540. The van der Waals surface area contributed by atoms with Gasteiger partial charge in [0.1, 0.15) is 0 Å². The molecule has 0 radical (unpaired) electrons. The smallest absolute Gasteiger partial charge is 0.271 e. The summed E-state index contributed by atoms with van der Waals surface area (Å²) in [6.07, 6.45) is 1.82. The molecule has 0 aliphatic heterocycles. The quantitative estimate of drug-likeness (QED) is 0.893. The van der Waals surface area contributed by atoms with Gasteiger partial charge in [-0.25, -0.2) is 0 Å². The van der Waals surface area contributed by atoms with E-state index in [2.05, 4.69) is 25.4 Å². The van der Waals surface area contributed by atoms with Crippen molar-refractivity contribution in [2.24, 2.45) is 0 Å². The van der Waals surface area contributed by atoms with Crippen LogP contribution in [0.15, 0.2) is 22.7 Å². The molecule has 0 bridgehead atoms. The summed E-state index contributed by atoms with van der Waals surface area (Å²) in [6, 6.07) is 4.95. The minimum absolute atomic E-state index is 0.0910. The molecule has 0 unspecified atom stereocenters. The standard InChI is InChI=1S/C9H10BrClN2O2S/c10-8-5-7(3-4-9(8)11)13-16(14,15)12-6-1-2-6/h3-6,12-13H,1-2H2. The molecule has 88 valence electrons. The molecule has 2 N–H and O–H groups in total. The van der Waals surface area contributed by atoms with Crippen LogP contribution in [0.25, 0.3) is 0 Å². The maximum Gasteiger partial charge on any atom is 0.299 e. The van der Waals surface area contributed by atoms with Gasteiger partial charge in [-0.05, 0) is 47.0 Å². The normalized spacial score (nSPS) is 16.1. The zero-order valence-electron chi connectivity index (χ0n) is 8.20. The number of nitrogens with one attached hydrogen (secondary N) is 2. The summed E-state index contributed by atoms with van der Waals surface area (Å²) in [5.74, 6) is 0. The largest absolute Gasteiger partial charge is 0.299 e. The minimum atomic E-state index is -3.46. The van der Waals surface area contributed by atoms with Gasteiger partial charge in [0.25, 0.3) is 10.2 Å². The van der Waals surface area contributed by atoms with Crippen LogP contribution in [0.1, 0.15) is 12.8 Å². The zero-order chi connectivity index (χ0) is 11.8. The summed E-state index contributed by atoms with van der Waals surface area (Å²) in [7, 11) is -3.46. The highest BCUT2D eigenvalue weighted by Crippen LogP contribution is 2.26. The first-order chi connectivity index (χ1) is 7.46. The Hall–Kier alpha value is -0.300. The number of rotatable bonds is 4. The Morgan fingerprint density at radius 1 is 1.38 bits per heavy atom. The summed E-state index contributed by atoms with van der Waals surface area (Å²) in [4.78, 5) is 0. The van der Waals surface area contributed by atoms with Crippen LogP contribution >= 0.6 is 27.5 Å². The highest BCUT2D eigenvalue weighted by atomic mass is 79.9. The maximum atomic E-state index is 11.6. The fourth-order valence-corrected chi connectivity index (χ4v) is 2.83. The van der Waals surface area contributed by atoms with Crippen LogP contribution in [-0.2, 0) is 10.2 Å². The van der Waals surface area contributed by atoms with Crippen molar-refractivity contribution in [2.75, 3.05) is 4.72 Å². The van der Waals surface area contributed by atoms with Gasteiger partial charge in [0.05, 0.1) is 10.7 Å². The second-order valence-electron chi connectivity index (χ2n) is 3.63. The van der Waals surface area contributed by atoms with Crippen LogP contribution in [0.2, 0.25) is 5.02 Å². The molecule has 7 heteroatoms. The molecule has 1 saturated carbocycles. The van der Waals surface area contributed by atoms with Crippen molar-refractivity contribution >= 4 is 43.4 Å².